The van der Waals surface area contributed by atoms with Gasteiger partial charge in [-0.1, -0.05) is 23.7 Å². The number of carbonyl (C=O) groups is 1. The monoisotopic (exact) mass is 1090 g/mol. The predicted octanol–water partition coefficient (Wildman–Crippen LogP) is 3.33. The summed E-state index contributed by atoms with van der Waals surface area (Å²) < 4.78 is 49.8. The van der Waals surface area contributed by atoms with E-state index in [0.29, 0.717) is 25.6 Å². The van der Waals surface area contributed by atoms with Gasteiger partial charge in [-0.15, -0.1) is 0 Å². The van der Waals surface area contributed by atoms with E-state index in [-0.39, 0.29) is 121 Å². The van der Waals surface area contributed by atoms with Crippen LogP contribution in [0.5, 0.6) is 0 Å². The van der Waals surface area contributed by atoms with E-state index in [9.17, 15) is 13.5 Å². The Balaban J connectivity index is 0. The number of hydrogen-bond donors (Lipinski definition) is 2. The smallest absolute Gasteiger partial charge is 1.00 e. The van der Waals surface area contributed by atoms with Crippen LogP contribution in [0.15, 0.2) is 80.9 Å². The van der Waals surface area contributed by atoms with Crippen molar-refractivity contribution in [3.05, 3.63) is 96.6 Å². The van der Waals surface area contributed by atoms with Gasteiger partial charge in [0.25, 0.3) is 6.47 Å². The third-order valence-electron chi connectivity index (χ3n) is 6.40. The maximum Gasteiger partial charge on any atom is 1.00 e. The van der Waals surface area contributed by atoms with Crippen molar-refractivity contribution < 1.29 is 134 Å². The molecule has 0 saturated carbocycles. The normalized spacial score (nSPS) is 10.3. The largest absolute Gasteiger partial charge is 1.00 e. The molecule has 0 amide bonds. The first kappa shape index (κ1) is 55.4. The van der Waals surface area contributed by atoms with E-state index >= 15 is 0 Å². The average molecular weight is 1100 g/mol. The van der Waals surface area contributed by atoms with Gasteiger partial charge in [0.2, 0.25) is 10.6 Å². The van der Waals surface area contributed by atoms with Crippen LogP contribution in [0.2, 0.25) is 15.7 Å². The molecule has 4 aromatic heterocycles. The van der Waals surface area contributed by atoms with Crippen LogP contribution in [-0.4, -0.2) is 69.0 Å². The molecular weight excluding hydrogens is 1070 g/mol. The second-order valence-electron chi connectivity index (χ2n) is 11.0. The van der Waals surface area contributed by atoms with Crippen LogP contribution in [-0.2, 0) is 18.8 Å². The van der Waals surface area contributed by atoms with E-state index in [1.807, 2.05) is 47.2 Å². The molecule has 0 aliphatic rings. The number of nitrogens with two attached hydrogens (primary N) is 1. The molecule has 3 N–H and O–H groups in total. The minimum absolute atomic E-state index is 0. The summed E-state index contributed by atoms with van der Waals surface area (Å²) in [7, 11) is -5.85. The van der Waals surface area contributed by atoms with E-state index in [0.717, 1.165) is 38.6 Å². The summed E-state index contributed by atoms with van der Waals surface area (Å²) in [6.07, 6.45) is 6.67. The first-order valence-electron chi connectivity index (χ1n) is 15.4. The SMILES string of the molecule is CP(C)(=O)c1cc(-c2cnsc2)ccc1N.CP(C)(=O)c1cc(-c2cnsc2)ccc1Nc1nc(Cl)ncc1Br.Clc1ncc(Br)c(Cl)n1.O=CO[O-].[2H]CF.[H-].[K+].[K+]. The number of benzene rings is 2. The van der Waals surface area contributed by atoms with Gasteiger partial charge in [0, 0.05) is 63.0 Å². The summed E-state index contributed by atoms with van der Waals surface area (Å²) in [4.78, 5) is 26.6. The van der Waals surface area contributed by atoms with Gasteiger partial charge < -0.3 is 31.8 Å². The Labute approximate surface area is 457 Å². The number of halogens is 6. The molecule has 0 fully saturated rings. The Hall–Kier alpha value is 0.383. The van der Waals surface area contributed by atoms with Crippen molar-refractivity contribution in [2.45, 2.75) is 0 Å². The topological polar surface area (TPSA) is 199 Å². The van der Waals surface area contributed by atoms with Crippen molar-refractivity contribution in [3.63, 3.8) is 0 Å². The summed E-state index contributed by atoms with van der Waals surface area (Å²) in [5.74, 6) is 0.523. The van der Waals surface area contributed by atoms with Crippen LogP contribution in [0, 0.1) is 0 Å². The number of hydrogen-bond acceptors (Lipinski definition) is 15. The van der Waals surface area contributed by atoms with E-state index in [2.05, 4.69) is 70.7 Å². The van der Waals surface area contributed by atoms with E-state index in [1.165, 1.54) is 29.3 Å². The molecule has 0 aliphatic heterocycles. The van der Waals surface area contributed by atoms with Crippen molar-refractivity contribution in [1.82, 2.24) is 28.7 Å². The molecule has 0 spiro atoms. The number of nitrogens with zero attached hydrogens (tertiary/aromatic N) is 6. The molecular formula is C32H32Br2Cl3FK2N8O5P2S2. The third-order valence-corrected chi connectivity index (χ3v) is 12.7. The molecule has 0 aliphatic carbocycles. The summed E-state index contributed by atoms with van der Waals surface area (Å²) in [5.41, 5.74) is 11.2. The Kier molecular flexibility index (Phi) is 28.1. The molecule has 25 heteroatoms. The summed E-state index contributed by atoms with van der Waals surface area (Å²) >= 11 is 26.1. The zero-order valence-corrected chi connectivity index (χ0v) is 46.1. The molecule has 57 heavy (non-hydrogen) atoms. The van der Waals surface area contributed by atoms with Gasteiger partial charge in [0.1, 0.15) is 25.3 Å². The third kappa shape index (κ3) is 20.0. The Morgan fingerprint density at radius 1 is 0.842 bits per heavy atom. The number of anilines is 3. The van der Waals surface area contributed by atoms with Crippen LogP contribution >= 0.6 is 104 Å². The van der Waals surface area contributed by atoms with Crippen molar-refractivity contribution in [3.8, 4) is 22.3 Å². The Morgan fingerprint density at radius 3 is 1.72 bits per heavy atom. The van der Waals surface area contributed by atoms with Crippen molar-refractivity contribution in [2.24, 2.45) is 0 Å². The maximum atomic E-state index is 12.8. The van der Waals surface area contributed by atoms with E-state index < -0.39 is 21.4 Å². The molecule has 0 radical (unpaired) electrons. The van der Waals surface area contributed by atoms with Gasteiger partial charge in [0.15, 0.2) is 0 Å². The minimum atomic E-state index is -2.52. The van der Waals surface area contributed by atoms with Crippen molar-refractivity contribution in [1.29, 1.82) is 0 Å². The fourth-order valence-electron chi connectivity index (χ4n) is 4.03. The average Bonchev–Trinajstić information content (AvgIpc) is 3.88. The standard InChI is InChI=1S/C15H13BrClN4OPS.C11H13N2OPS.C4HBrCl2N2.CH3F.CH2O3.2K.H/c1-23(2,22)13-5-9(10-6-19-24-8-10)3-4-12(13)20-14-11(16)7-18-15(17)21-14;1-15(2,14)11-5-8(3-4-10(11)12)9-6-13-16-7-9;5-2-1-8-4(7)9-3(2)6;1-2;2-1-4-3;;;/h3-8H,1-2H3,(H,18,20,21);3-7H,12H2,1-2H3;1H;1H3;1,3H;;;/q;;;;;2*+1;-1/p-1/i;;;1D;;;;. The van der Waals surface area contributed by atoms with Crippen LogP contribution in [0.25, 0.3) is 22.3 Å². The number of nitrogen functional groups attached to an aromatic ring is 1. The molecule has 0 saturated heterocycles. The Bertz CT molecular complexity index is 2280. The van der Waals surface area contributed by atoms with Gasteiger partial charge in [-0.3, -0.25) is 9.18 Å². The maximum absolute atomic E-state index is 12.8. The zero-order chi connectivity index (χ0) is 42.1. The number of aromatic nitrogens is 6. The predicted molar refractivity (Wildman–Crippen MR) is 231 cm³/mol. The van der Waals surface area contributed by atoms with Crippen LogP contribution in [0.3, 0.4) is 0 Å². The van der Waals surface area contributed by atoms with Crippen LogP contribution in [0.4, 0.5) is 21.6 Å². The van der Waals surface area contributed by atoms with E-state index in [1.54, 1.807) is 45.2 Å². The molecule has 2 aromatic carbocycles. The van der Waals surface area contributed by atoms with Gasteiger partial charge in [-0.05, 0) is 140 Å². The second-order valence-corrected chi connectivity index (χ2v) is 21.4. The molecule has 13 nitrogen and oxygen atoms in total. The molecule has 0 unspecified atom stereocenters. The van der Waals surface area contributed by atoms with Crippen LogP contribution in [0.1, 0.15) is 2.80 Å². The van der Waals surface area contributed by atoms with Gasteiger partial charge in [-0.25, -0.2) is 23.7 Å². The summed E-state index contributed by atoms with van der Waals surface area (Å²) in [6, 6.07) is 11.4. The van der Waals surface area contributed by atoms with Crippen LogP contribution < -0.4 is 130 Å². The van der Waals surface area contributed by atoms with Gasteiger partial charge in [0.05, 0.1) is 23.2 Å². The number of carbonyl (C=O) groups excluding carboxylic acids is 1. The minimum Gasteiger partial charge on any atom is -1.00 e. The first-order valence-corrected chi connectivity index (χ1v) is 24.3. The summed E-state index contributed by atoms with van der Waals surface area (Å²) in [5, 5.41) is 17.7. The Morgan fingerprint density at radius 2 is 1.30 bits per heavy atom. The molecule has 0 atom stereocenters. The summed E-state index contributed by atoms with van der Waals surface area (Å²) in [6.45, 7) is 6.76. The fourth-order valence-corrected chi connectivity index (χ4v) is 8.35. The van der Waals surface area contributed by atoms with Gasteiger partial charge in [-0.2, -0.15) is 4.98 Å². The van der Waals surface area contributed by atoms with E-state index in [4.69, 9.17) is 52.0 Å². The molecule has 6 rings (SSSR count). The number of alkyl halides is 1. The quantitative estimate of drug-likeness (QED) is 0.0346. The number of rotatable bonds is 7. The molecule has 4 heterocycles. The second kappa shape index (κ2) is 28.9. The zero-order valence-electron chi connectivity index (χ0n) is 33.0. The number of nitrogens with one attached hydrogen (secondary N) is 1. The molecule has 0 bridgehead atoms. The van der Waals surface area contributed by atoms with Crippen molar-refractivity contribution >= 4 is 138 Å². The van der Waals surface area contributed by atoms with Gasteiger partial charge >= 0.3 is 103 Å². The molecule has 296 valence electrons. The molecule has 6 aromatic rings. The first-order chi connectivity index (χ1) is 26.4. The van der Waals surface area contributed by atoms with Crippen molar-refractivity contribution in [2.75, 3.05) is 44.9 Å². The fraction of sp³-hybridized carbons (Fsp3) is 0.156.